The van der Waals surface area contributed by atoms with Crippen LogP contribution < -0.4 is 10.1 Å². The highest BCUT2D eigenvalue weighted by Gasteiger charge is 2.11. The highest BCUT2D eigenvalue weighted by molar-refractivity contribution is 6.33. The molecule has 1 heterocycles. The number of pyridine rings is 1. The van der Waals surface area contributed by atoms with Gasteiger partial charge in [0, 0.05) is 23.0 Å². The lowest BCUT2D eigenvalue weighted by atomic mass is 10.1. The summed E-state index contributed by atoms with van der Waals surface area (Å²) in [4.78, 5) is 16.9. The Morgan fingerprint density at radius 3 is 2.70 bits per heavy atom. The van der Waals surface area contributed by atoms with E-state index >= 15 is 0 Å². The molecule has 1 N–H and O–H groups in total. The average molecular weight is 381 g/mol. The normalized spacial score (nSPS) is 10.7. The fraction of sp³-hybridized carbons (Fsp3) is 0.182. The summed E-state index contributed by atoms with van der Waals surface area (Å²) < 4.78 is 5.70. The van der Waals surface area contributed by atoms with E-state index in [-0.39, 0.29) is 5.91 Å². The van der Waals surface area contributed by atoms with Crippen LogP contribution in [0, 0.1) is 5.92 Å². The van der Waals surface area contributed by atoms with Gasteiger partial charge in [0.15, 0.2) is 0 Å². The Labute approximate surface area is 164 Å². The molecule has 5 heteroatoms. The summed E-state index contributed by atoms with van der Waals surface area (Å²) in [5, 5.41) is 3.49. The number of anilines is 1. The van der Waals surface area contributed by atoms with Crippen molar-refractivity contribution in [2.45, 2.75) is 13.8 Å². The fourth-order valence-electron chi connectivity index (χ4n) is 2.51. The van der Waals surface area contributed by atoms with Gasteiger partial charge in [0.1, 0.15) is 5.75 Å². The molecule has 0 atom stereocenters. The number of nitrogens with one attached hydrogen (secondary N) is 1. The third-order valence-corrected chi connectivity index (χ3v) is 4.17. The second-order valence-corrected chi connectivity index (χ2v) is 7.00. The van der Waals surface area contributed by atoms with E-state index in [1.165, 1.54) is 0 Å². The Kier molecular flexibility index (Phi) is 6.09. The SMILES string of the molecule is CC(C)COc1cccc(C(=O)Nc2ccc(Cl)c(-c3ccccn3)c2)c1. The van der Waals surface area contributed by atoms with Crippen LogP contribution in [0.2, 0.25) is 5.02 Å². The highest BCUT2D eigenvalue weighted by Crippen LogP contribution is 2.29. The topological polar surface area (TPSA) is 51.2 Å². The number of rotatable bonds is 6. The molecule has 0 spiro atoms. The number of aromatic nitrogens is 1. The molecular formula is C22H21ClN2O2. The van der Waals surface area contributed by atoms with E-state index in [4.69, 9.17) is 16.3 Å². The standard InChI is InChI=1S/C22H21ClN2O2/c1-15(2)14-27-18-7-5-6-16(12-18)22(26)25-17-9-10-20(23)19(13-17)21-8-3-4-11-24-21/h3-13,15H,14H2,1-2H3,(H,25,26). The molecule has 0 fully saturated rings. The van der Waals surface area contributed by atoms with E-state index in [9.17, 15) is 4.79 Å². The van der Waals surface area contributed by atoms with Crippen LogP contribution in [0.5, 0.6) is 5.75 Å². The molecule has 3 rings (SSSR count). The maximum atomic E-state index is 12.6. The second-order valence-electron chi connectivity index (χ2n) is 6.60. The molecule has 4 nitrogen and oxygen atoms in total. The summed E-state index contributed by atoms with van der Waals surface area (Å²) in [5.41, 5.74) is 2.70. The number of ether oxygens (including phenoxy) is 1. The fourth-order valence-corrected chi connectivity index (χ4v) is 2.73. The van der Waals surface area contributed by atoms with Crippen molar-refractivity contribution in [3.63, 3.8) is 0 Å². The Bertz CT molecular complexity index is 927. The Balaban J connectivity index is 1.78. The van der Waals surface area contributed by atoms with E-state index in [0.717, 1.165) is 11.3 Å². The van der Waals surface area contributed by atoms with Crippen LogP contribution in [0.15, 0.2) is 66.9 Å². The minimum absolute atomic E-state index is 0.209. The zero-order valence-corrected chi connectivity index (χ0v) is 16.0. The van der Waals surface area contributed by atoms with Gasteiger partial charge in [-0.05, 0) is 54.4 Å². The van der Waals surface area contributed by atoms with Crippen LogP contribution in [-0.2, 0) is 0 Å². The molecule has 0 bridgehead atoms. The lowest BCUT2D eigenvalue weighted by Crippen LogP contribution is -2.12. The second kappa shape index (κ2) is 8.69. The summed E-state index contributed by atoms with van der Waals surface area (Å²) in [6, 6.07) is 18.1. The molecule has 1 aromatic heterocycles. The van der Waals surface area contributed by atoms with Gasteiger partial charge in [-0.1, -0.05) is 37.6 Å². The van der Waals surface area contributed by atoms with E-state index < -0.39 is 0 Å². The molecule has 0 aliphatic heterocycles. The van der Waals surface area contributed by atoms with Gasteiger partial charge < -0.3 is 10.1 Å². The molecule has 0 saturated heterocycles. The number of halogens is 1. The zero-order chi connectivity index (χ0) is 19.2. The van der Waals surface area contributed by atoms with Crippen molar-refractivity contribution in [2.75, 3.05) is 11.9 Å². The first-order valence-electron chi connectivity index (χ1n) is 8.78. The lowest BCUT2D eigenvalue weighted by Gasteiger charge is -2.11. The van der Waals surface area contributed by atoms with Crippen LogP contribution in [0.4, 0.5) is 5.69 Å². The minimum atomic E-state index is -0.209. The maximum Gasteiger partial charge on any atom is 0.255 e. The number of amides is 1. The van der Waals surface area contributed by atoms with Crippen LogP contribution in [-0.4, -0.2) is 17.5 Å². The molecule has 0 aliphatic rings. The van der Waals surface area contributed by atoms with Crippen LogP contribution in [0.3, 0.4) is 0 Å². The first-order valence-corrected chi connectivity index (χ1v) is 9.16. The molecule has 1 amide bonds. The van der Waals surface area contributed by atoms with Crippen molar-refractivity contribution < 1.29 is 9.53 Å². The number of carbonyl (C=O) groups is 1. The molecule has 0 unspecified atom stereocenters. The van der Waals surface area contributed by atoms with Crippen LogP contribution in [0.1, 0.15) is 24.2 Å². The molecule has 0 radical (unpaired) electrons. The van der Waals surface area contributed by atoms with Crippen molar-refractivity contribution in [1.82, 2.24) is 4.98 Å². The van der Waals surface area contributed by atoms with Crippen molar-refractivity contribution >= 4 is 23.2 Å². The van der Waals surface area contributed by atoms with Gasteiger partial charge in [-0.25, -0.2) is 0 Å². The highest BCUT2D eigenvalue weighted by atomic mass is 35.5. The summed E-state index contributed by atoms with van der Waals surface area (Å²) in [6.07, 6.45) is 1.71. The number of carbonyl (C=O) groups excluding carboxylic acids is 1. The van der Waals surface area contributed by atoms with Crippen molar-refractivity contribution in [1.29, 1.82) is 0 Å². The molecule has 138 valence electrons. The van der Waals surface area contributed by atoms with E-state index in [2.05, 4.69) is 24.1 Å². The van der Waals surface area contributed by atoms with Gasteiger partial charge in [-0.3, -0.25) is 9.78 Å². The number of benzene rings is 2. The Morgan fingerprint density at radius 1 is 1.11 bits per heavy atom. The largest absolute Gasteiger partial charge is 0.493 e. The van der Waals surface area contributed by atoms with Gasteiger partial charge in [-0.15, -0.1) is 0 Å². The maximum absolute atomic E-state index is 12.6. The molecular weight excluding hydrogens is 360 g/mol. The molecule has 0 saturated carbocycles. The van der Waals surface area contributed by atoms with Crippen molar-refractivity contribution in [2.24, 2.45) is 5.92 Å². The third-order valence-electron chi connectivity index (χ3n) is 3.84. The number of hydrogen-bond donors (Lipinski definition) is 1. The quantitative estimate of drug-likeness (QED) is 0.597. The van der Waals surface area contributed by atoms with Gasteiger partial charge >= 0.3 is 0 Å². The minimum Gasteiger partial charge on any atom is -0.493 e. The predicted octanol–water partition coefficient (Wildman–Crippen LogP) is 5.69. The molecule has 3 aromatic rings. The predicted molar refractivity (Wildman–Crippen MR) is 109 cm³/mol. The van der Waals surface area contributed by atoms with Gasteiger partial charge in [0.05, 0.1) is 17.3 Å². The molecule has 2 aromatic carbocycles. The van der Waals surface area contributed by atoms with Gasteiger partial charge in [0.2, 0.25) is 0 Å². The smallest absolute Gasteiger partial charge is 0.255 e. The van der Waals surface area contributed by atoms with Gasteiger partial charge in [-0.2, -0.15) is 0 Å². The van der Waals surface area contributed by atoms with E-state index in [1.807, 2.05) is 36.4 Å². The summed E-state index contributed by atoms with van der Waals surface area (Å²) in [6.45, 7) is 4.77. The summed E-state index contributed by atoms with van der Waals surface area (Å²) in [7, 11) is 0. The molecule has 27 heavy (non-hydrogen) atoms. The summed E-state index contributed by atoms with van der Waals surface area (Å²) >= 11 is 6.30. The lowest BCUT2D eigenvalue weighted by molar-refractivity contribution is 0.102. The van der Waals surface area contributed by atoms with E-state index in [1.54, 1.807) is 30.5 Å². The Morgan fingerprint density at radius 2 is 1.96 bits per heavy atom. The van der Waals surface area contributed by atoms with Crippen LogP contribution in [0.25, 0.3) is 11.3 Å². The number of hydrogen-bond acceptors (Lipinski definition) is 3. The first kappa shape index (κ1) is 18.9. The molecule has 0 aliphatic carbocycles. The van der Waals surface area contributed by atoms with Crippen molar-refractivity contribution in [3.05, 3.63) is 77.4 Å². The van der Waals surface area contributed by atoms with Gasteiger partial charge in [0.25, 0.3) is 5.91 Å². The van der Waals surface area contributed by atoms with Crippen molar-refractivity contribution in [3.8, 4) is 17.0 Å². The third kappa shape index (κ3) is 5.08. The monoisotopic (exact) mass is 380 g/mol. The van der Waals surface area contributed by atoms with Crippen LogP contribution >= 0.6 is 11.6 Å². The average Bonchev–Trinajstić information content (AvgIpc) is 2.68. The Hall–Kier alpha value is -2.85. The zero-order valence-electron chi connectivity index (χ0n) is 15.3. The summed E-state index contributed by atoms with van der Waals surface area (Å²) in [5.74, 6) is 0.891. The first-order chi connectivity index (χ1) is 13.0. The number of nitrogens with zero attached hydrogens (tertiary/aromatic N) is 1. The van der Waals surface area contributed by atoms with E-state index in [0.29, 0.717) is 34.5 Å².